The number of carbonyl (C=O) groups is 1. The smallest absolute Gasteiger partial charge is 0.150 e. The summed E-state index contributed by atoms with van der Waals surface area (Å²) in [6.07, 6.45) is 6.47. The van der Waals surface area contributed by atoms with E-state index in [9.17, 15) is 13.2 Å². The fraction of sp³-hybridized carbons (Fsp3) is 0.917. The highest BCUT2D eigenvalue weighted by Crippen LogP contribution is 2.28. The van der Waals surface area contributed by atoms with E-state index in [0.29, 0.717) is 31.2 Å². The van der Waals surface area contributed by atoms with E-state index >= 15 is 0 Å². The van der Waals surface area contributed by atoms with Crippen molar-refractivity contribution in [1.29, 1.82) is 0 Å². The van der Waals surface area contributed by atoms with Gasteiger partial charge in [-0.2, -0.15) is 0 Å². The van der Waals surface area contributed by atoms with E-state index in [0.717, 1.165) is 32.2 Å². The third-order valence-corrected chi connectivity index (χ3v) is 5.64. The van der Waals surface area contributed by atoms with Crippen molar-refractivity contribution in [3.8, 4) is 0 Å². The van der Waals surface area contributed by atoms with Gasteiger partial charge < -0.3 is 0 Å². The number of rotatable bonds is 2. The molecule has 0 amide bonds. The molecule has 0 spiro atoms. The van der Waals surface area contributed by atoms with Crippen molar-refractivity contribution in [2.45, 2.75) is 49.8 Å². The number of piperidine rings is 1. The molecule has 5 heteroatoms. The van der Waals surface area contributed by atoms with Crippen molar-refractivity contribution in [2.75, 3.05) is 19.3 Å². The molecule has 0 aromatic rings. The average molecular weight is 259 g/mol. The molecule has 2 atom stereocenters. The second kappa shape index (κ2) is 5.06. The highest BCUT2D eigenvalue weighted by Gasteiger charge is 2.33. The molecular weight excluding hydrogens is 238 g/mol. The van der Waals surface area contributed by atoms with Gasteiger partial charge in [-0.1, -0.05) is 6.42 Å². The summed E-state index contributed by atoms with van der Waals surface area (Å²) in [4.78, 5) is 13.6. The Morgan fingerprint density at radius 2 is 2.00 bits per heavy atom. The number of nitrogens with zero attached hydrogens (tertiary/aromatic N) is 1. The normalized spacial score (nSPS) is 32.6. The van der Waals surface area contributed by atoms with Gasteiger partial charge in [-0.3, -0.25) is 9.69 Å². The van der Waals surface area contributed by atoms with Crippen LogP contribution in [-0.2, 0) is 14.6 Å². The van der Waals surface area contributed by atoms with Crippen molar-refractivity contribution < 1.29 is 13.2 Å². The van der Waals surface area contributed by atoms with E-state index in [4.69, 9.17) is 0 Å². The van der Waals surface area contributed by atoms with Crippen LogP contribution in [0.1, 0.15) is 38.5 Å². The first-order chi connectivity index (χ1) is 7.97. The van der Waals surface area contributed by atoms with Crippen LogP contribution in [0.5, 0.6) is 0 Å². The van der Waals surface area contributed by atoms with Crippen molar-refractivity contribution >= 4 is 15.6 Å². The number of likely N-dealkylation sites (tertiary alicyclic amines) is 1. The molecule has 0 bridgehead atoms. The molecule has 0 aromatic heterocycles. The zero-order chi connectivity index (χ0) is 12.5. The fourth-order valence-corrected chi connectivity index (χ4v) is 4.18. The number of carbonyl (C=O) groups excluding carboxylic acids is 1. The molecule has 2 aliphatic rings. The van der Waals surface area contributed by atoms with Gasteiger partial charge in [-0.05, 0) is 32.2 Å². The minimum Gasteiger partial charge on any atom is -0.298 e. The first-order valence-electron chi connectivity index (χ1n) is 6.41. The fourth-order valence-electron chi connectivity index (χ4n) is 3.02. The Labute approximate surface area is 103 Å². The van der Waals surface area contributed by atoms with Crippen LogP contribution in [0.4, 0.5) is 0 Å². The minimum absolute atomic E-state index is 0.196. The van der Waals surface area contributed by atoms with Crippen LogP contribution in [0.2, 0.25) is 0 Å². The Morgan fingerprint density at radius 1 is 1.24 bits per heavy atom. The first-order valence-corrected chi connectivity index (χ1v) is 8.37. The van der Waals surface area contributed by atoms with Gasteiger partial charge in [-0.15, -0.1) is 0 Å². The lowest BCUT2D eigenvalue weighted by Gasteiger charge is -2.38. The number of hydrogen-bond acceptors (Lipinski definition) is 4. The van der Waals surface area contributed by atoms with Crippen molar-refractivity contribution in [3.63, 3.8) is 0 Å². The van der Waals surface area contributed by atoms with E-state index in [-0.39, 0.29) is 5.25 Å². The molecule has 17 heavy (non-hydrogen) atoms. The molecule has 2 unspecified atom stereocenters. The molecule has 1 heterocycles. The number of hydrogen-bond donors (Lipinski definition) is 0. The van der Waals surface area contributed by atoms with Gasteiger partial charge in [0.15, 0.2) is 0 Å². The maximum Gasteiger partial charge on any atom is 0.150 e. The van der Waals surface area contributed by atoms with Gasteiger partial charge in [0.05, 0.1) is 11.8 Å². The lowest BCUT2D eigenvalue weighted by molar-refractivity contribution is -0.123. The third-order valence-electron chi connectivity index (χ3n) is 4.00. The summed E-state index contributed by atoms with van der Waals surface area (Å²) in [5, 5.41) is -0.196. The lowest BCUT2D eigenvalue weighted by Crippen LogP contribution is -2.46. The van der Waals surface area contributed by atoms with Gasteiger partial charge in [0.2, 0.25) is 0 Å². The Morgan fingerprint density at radius 3 is 2.65 bits per heavy atom. The molecule has 0 radical (unpaired) electrons. The quantitative estimate of drug-likeness (QED) is 0.742. The van der Waals surface area contributed by atoms with Gasteiger partial charge in [0, 0.05) is 18.7 Å². The molecule has 2 rings (SSSR count). The SMILES string of the molecule is CS(=O)(=O)C1CCCC(N2CCCC(=O)C2)C1. The second-order valence-corrected chi connectivity index (χ2v) is 7.71. The minimum atomic E-state index is -2.92. The monoisotopic (exact) mass is 259 g/mol. The highest BCUT2D eigenvalue weighted by molar-refractivity contribution is 7.91. The van der Waals surface area contributed by atoms with Gasteiger partial charge in [0.1, 0.15) is 15.6 Å². The Balaban J connectivity index is 1.99. The standard InChI is InChI=1S/C12H21NO3S/c1-17(15,16)12-6-2-4-10(8-12)13-7-3-5-11(14)9-13/h10,12H,2-9H2,1H3. The molecule has 1 aliphatic carbocycles. The van der Waals surface area contributed by atoms with Crippen LogP contribution >= 0.6 is 0 Å². The maximum atomic E-state index is 11.6. The molecule has 4 nitrogen and oxygen atoms in total. The van der Waals surface area contributed by atoms with E-state index < -0.39 is 9.84 Å². The van der Waals surface area contributed by atoms with Gasteiger partial charge in [0.25, 0.3) is 0 Å². The summed E-state index contributed by atoms with van der Waals surface area (Å²) in [6, 6.07) is 0.299. The van der Waals surface area contributed by atoms with Crippen LogP contribution in [0.25, 0.3) is 0 Å². The maximum absolute atomic E-state index is 11.6. The summed E-state index contributed by atoms with van der Waals surface area (Å²) >= 11 is 0. The zero-order valence-electron chi connectivity index (χ0n) is 10.4. The molecule has 1 saturated carbocycles. The van der Waals surface area contributed by atoms with Crippen LogP contribution < -0.4 is 0 Å². The third kappa shape index (κ3) is 3.28. The predicted octanol–water partition coefficient (Wildman–Crippen LogP) is 1.01. The lowest BCUT2D eigenvalue weighted by atomic mass is 9.92. The molecule has 0 aromatic carbocycles. The number of sulfone groups is 1. The van der Waals surface area contributed by atoms with Crippen LogP contribution in [0, 0.1) is 0 Å². The summed E-state index contributed by atoms with van der Waals surface area (Å²) in [5.74, 6) is 0.303. The molecule has 1 saturated heterocycles. The summed E-state index contributed by atoms with van der Waals surface area (Å²) < 4.78 is 23.2. The van der Waals surface area contributed by atoms with E-state index in [1.165, 1.54) is 6.26 Å². The zero-order valence-corrected chi connectivity index (χ0v) is 11.2. The summed E-state index contributed by atoms with van der Waals surface area (Å²) in [6.45, 7) is 1.48. The van der Waals surface area contributed by atoms with Crippen molar-refractivity contribution in [2.24, 2.45) is 0 Å². The van der Waals surface area contributed by atoms with Crippen molar-refractivity contribution in [3.05, 3.63) is 0 Å². The van der Waals surface area contributed by atoms with Gasteiger partial charge >= 0.3 is 0 Å². The molecular formula is C12H21NO3S. The van der Waals surface area contributed by atoms with Crippen LogP contribution in [0.15, 0.2) is 0 Å². The van der Waals surface area contributed by atoms with E-state index in [2.05, 4.69) is 4.90 Å². The predicted molar refractivity (Wildman–Crippen MR) is 66.7 cm³/mol. The topological polar surface area (TPSA) is 54.5 Å². The molecule has 0 N–H and O–H groups in total. The summed E-state index contributed by atoms with van der Waals surface area (Å²) in [5.41, 5.74) is 0. The van der Waals surface area contributed by atoms with E-state index in [1.54, 1.807) is 0 Å². The number of Topliss-reactive ketones (excluding diaryl/α,β-unsaturated/α-hetero) is 1. The summed E-state index contributed by atoms with van der Waals surface area (Å²) in [7, 11) is -2.92. The van der Waals surface area contributed by atoms with Crippen molar-refractivity contribution in [1.82, 2.24) is 4.90 Å². The first kappa shape index (κ1) is 13.0. The molecule has 98 valence electrons. The molecule has 1 aliphatic heterocycles. The Kier molecular flexibility index (Phi) is 3.88. The van der Waals surface area contributed by atoms with E-state index in [1.807, 2.05) is 0 Å². The van der Waals surface area contributed by atoms with Crippen LogP contribution in [0.3, 0.4) is 0 Å². The second-order valence-electron chi connectivity index (χ2n) is 5.38. The highest BCUT2D eigenvalue weighted by atomic mass is 32.2. The molecule has 2 fully saturated rings. The average Bonchev–Trinajstić information content (AvgIpc) is 2.28. The van der Waals surface area contributed by atoms with Crippen LogP contribution in [-0.4, -0.2) is 49.7 Å². The number of ketones is 1. The Hall–Kier alpha value is -0.420. The Bertz CT molecular complexity index is 391. The largest absolute Gasteiger partial charge is 0.298 e. The van der Waals surface area contributed by atoms with Gasteiger partial charge in [-0.25, -0.2) is 8.42 Å².